The summed E-state index contributed by atoms with van der Waals surface area (Å²) < 4.78 is 0. The van der Waals surface area contributed by atoms with Gasteiger partial charge in [-0.15, -0.1) is 24.8 Å². The van der Waals surface area contributed by atoms with Crippen molar-refractivity contribution in [1.82, 2.24) is 14.8 Å². The smallest absolute Gasteiger partial charge is 0.253 e. The number of amides is 2. The Morgan fingerprint density at radius 3 is 2.30 bits per heavy atom. The molecule has 2 N–H and O–H groups in total. The first-order valence-corrected chi connectivity index (χ1v) is 9.30. The van der Waals surface area contributed by atoms with Gasteiger partial charge in [0.15, 0.2) is 0 Å². The van der Waals surface area contributed by atoms with Crippen LogP contribution in [0.3, 0.4) is 0 Å². The van der Waals surface area contributed by atoms with Crippen molar-refractivity contribution in [3.63, 3.8) is 0 Å². The van der Waals surface area contributed by atoms with Gasteiger partial charge in [0.1, 0.15) is 0 Å². The number of halogens is 2. The number of rotatable bonds is 3. The predicted molar refractivity (Wildman–Crippen MR) is 110 cm³/mol. The van der Waals surface area contributed by atoms with Crippen molar-refractivity contribution in [2.45, 2.75) is 38.6 Å². The minimum absolute atomic E-state index is 0. The Labute approximate surface area is 173 Å². The molecule has 152 valence electrons. The number of aromatic nitrogens is 1. The SMILES string of the molecule is CC(N)C1CCN(C(=O)C2CCCN(C(=O)c3ccncc3)C2)CC1.Cl.Cl. The Morgan fingerprint density at radius 1 is 1.07 bits per heavy atom. The molecule has 0 bridgehead atoms. The molecule has 27 heavy (non-hydrogen) atoms. The van der Waals surface area contributed by atoms with Crippen LogP contribution in [-0.2, 0) is 4.79 Å². The molecule has 8 heteroatoms. The summed E-state index contributed by atoms with van der Waals surface area (Å²) in [5, 5.41) is 0. The summed E-state index contributed by atoms with van der Waals surface area (Å²) in [6, 6.07) is 3.65. The van der Waals surface area contributed by atoms with Gasteiger partial charge in [0.05, 0.1) is 5.92 Å². The lowest BCUT2D eigenvalue weighted by Crippen LogP contribution is -2.49. The summed E-state index contributed by atoms with van der Waals surface area (Å²) in [5.74, 6) is 0.637. The number of hydrogen-bond donors (Lipinski definition) is 1. The van der Waals surface area contributed by atoms with E-state index in [0.29, 0.717) is 18.0 Å². The molecule has 2 saturated heterocycles. The second-order valence-electron chi connectivity index (χ2n) is 7.35. The van der Waals surface area contributed by atoms with Crippen molar-refractivity contribution in [2.75, 3.05) is 26.2 Å². The highest BCUT2D eigenvalue weighted by atomic mass is 35.5. The Bertz CT molecular complexity index is 607. The van der Waals surface area contributed by atoms with E-state index < -0.39 is 0 Å². The lowest BCUT2D eigenvalue weighted by atomic mass is 9.89. The highest BCUT2D eigenvalue weighted by Crippen LogP contribution is 2.25. The number of carbonyl (C=O) groups excluding carboxylic acids is 2. The van der Waals surface area contributed by atoms with E-state index in [2.05, 4.69) is 4.98 Å². The Kier molecular flexibility index (Phi) is 9.50. The van der Waals surface area contributed by atoms with Gasteiger partial charge in [0, 0.05) is 50.2 Å². The molecule has 3 rings (SSSR count). The average molecular weight is 417 g/mol. The maximum atomic E-state index is 12.9. The van der Waals surface area contributed by atoms with Crippen LogP contribution in [0, 0.1) is 11.8 Å². The highest BCUT2D eigenvalue weighted by molar-refractivity contribution is 5.94. The van der Waals surface area contributed by atoms with Crippen LogP contribution in [0.25, 0.3) is 0 Å². The van der Waals surface area contributed by atoms with Gasteiger partial charge < -0.3 is 15.5 Å². The standard InChI is InChI=1S/C19H28N4O2.2ClH/c1-14(20)15-6-11-22(12-7-15)19(25)17-3-2-10-23(13-17)18(24)16-4-8-21-9-5-16;;/h4-5,8-9,14-15,17H,2-3,6-7,10-13,20H2,1H3;2*1H. The summed E-state index contributed by atoms with van der Waals surface area (Å²) in [7, 11) is 0. The lowest BCUT2D eigenvalue weighted by Gasteiger charge is -2.38. The molecule has 1 aromatic rings. The Balaban J connectivity index is 0.00000182. The van der Waals surface area contributed by atoms with Crippen LogP contribution in [-0.4, -0.2) is 58.8 Å². The Hall–Kier alpha value is -1.37. The largest absolute Gasteiger partial charge is 0.342 e. The molecule has 0 saturated carbocycles. The zero-order valence-corrected chi connectivity index (χ0v) is 17.4. The van der Waals surface area contributed by atoms with E-state index in [0.717, 1.165) is 45.3 Å². The quantitative estimate of drug-likeness (QED) is 0.819. The van der Waals surface area contributed by atoms with Crippen molar-refractivity contribution in [3.8, 4) is 0 Å². The molecule has 2 aliphatic rings. The van der Waals surface area contributed by atoms with Crippen LogP contribution in [0.1, 0.15) is 43.0 Å². The van der Waals surface area contributed by atoms with Crippen LogP contribution in [0.4, 0.5) is 0 Å². The molecule has 2 unspecified atom stereocenters. The third-order valence-electron chi connectivity index (χ3n) is 5.58. The molecule has 6 nitrogen and oxygen atoms in total. The molecular formula is C19H30Cl2N4O2. The van der Waals surface area contributed by atoms with E-state index in [1.54, 1.807) is 24.5 Å². The predicted octanol–water partition coefficient (Wildman–Crippen LogP) is 2.36. The topological polar surface area (TPSA) is 79.5 Å². The molecule has 2 atom stereocenters. The summed E-state index contributed by atoms with van der Waals surface area (Å²) in [6.45, 7) is 4.87. The number of nitrogens with two attached hydrogens (primary N) is 1. The summed E-state index contributed by atoms with van der Waals surface area (Å²) in [5.41, 5.74) is 6.63. The van der Waals surface area contributed by atoms with Crippen LogP contribution in [0.2, 0.25) is 0 Å². The van der Waals surface area contributed by atoms with Gasteiger partial charge in [-0.05, 0) is 50.7 Å². The maximum absolute atomic E-state index is 12.9. The zero-order chi connectivity index (χ0) is 17.8. The van der Waals surface area contributed by atoms with Gasteiger partial charge >= 0.3 is 0 Å². The average Bonchev–Trinajstić information content (AvgIpc) is 2.67. The summed E-state index contributed by atoms with van der Waals surface area (Å²) >= 11 is 0. The second kappa shape index (κ2) is 10.8. The fourth-order valence-corrected chi connectivity index (χ4v) is 3.94. The van der Waals surface area contributed by atoms with Gasteiger partial charge in [-0.2, -0.15) is 0 Å². The molecule has 2 amide bonds. The van der Waals surface area contributed by atoms with E-state index in [9.17, 15) is 9.59 Å². The number of nitrogens with zero attached hydrogens (tertiary/aromatic N) is 3. The van der Waals surface area contributed by atoms with Crippen molar-refractivity contribution in [3.05, 3.63) is 30.1 Å². The van der Waals surface area contributed by atoms with Crippen molar-refractivity contribution in [2.24, 2.45) is 17.6 Å². The van der Waals surface area contributed by atoms with Gasteiger partial charge in [-0.3, -0.25) is 14.6 Å². The molecule has 0 aliphatic carbocycles. The molecule has 1 aromatic heterocycles. The minimum Gasteiger partial charge on any atom is -0.342 e. The van der Waals surface area contributed by atoms with Crippen LogP contribution >= 0.6 is 24.8 Å². The van der Waals surface area contributed by atoms with E-state index in [1.165, 1.54) is 0 Å². The van der Waals surface area contributed by atoms with Crippen LogP contribution < -0.4 is 5.73 Å². The molecular weight excluding hydrogens is 387 g/mol. The minimum atomic E-state index is -0.0774. The zero-order valence-electron chi connectivity index (χ0n) is 15.8. The van der Waals surface area contributed by atoms with Crippen molar-refractivity contribution in [1.29, 1.82) is 0 Å². The lowest BCUT2D eigenvalue weighted by molar-refractivity contribution is -0.138. The molecule has 2 aliphatic heterocycles. The fraction of sp³-hybridized carbons (Fsp3) is 0.632. The van der Waals surface area contributed by atoms with Gasteiger partial charge in [-0.1, -0.05) is 0 Å². The molecule has 0 spiro atoms. The van der Waals surface area contributed by atoms with Crippen LogP contribution in [0.15, 0.2) is 24.5 Å². The second-order valence-corrected chi connectivity index (χ2v) is 7.35. The highest BCUT2D eigenvalue weighted by Gasteiger charge is 2.33. The van der Waals surface area contributed by atoms with Gasteiger partial charge in [0.2, 0.25) is 5.91 Å². The van der Waals surface area contributed by atoms with E-state index in [-0.39, 0.29) is 48.6 Å². The number of hydrogen-bond acceptors (Lipinski definition) is 4. The monoisotopic (exact) mass is 416 g/mol. The van der Waals surface area contributed by atoms with E-state index in [4.69, 9.17) is 5.73 Å². The third kappa shape index (κ3) is 5.80. The molecule has 0 radical (unpaired) electrons. The summed E-state index contributed by atoms with van der Waals surface area (Å²) in [4.78, 5) is 33.2. The maximum Gasteiger partial charge on any atom is 0.253 e. The molecule has 3 heterocycles. The first-order chi connectivity index (χ1) is 12.1. The van der Waals surface area contributed by atoms with Crippen LogP contribution in [0.5, 0.6) is 0 Å². The van der Waals surface area contributed by atoms with E-state index >= 15 is 0 Å². The van der Waals surface area contributed by atoms with Gasteiger partial charge in [0.25, 0.3) is 5.91 Å². The first-order valence-electron chi connectivity index (χ1n) is 9.30. The Morgan fingerprint density at radius 2 is 1.70 bits per heavy atom. The summed E-state index contributed by atoms with van der Waals surface area (Å²) in [6.07, 6.45) is 6.96. The number of pyridine rings is 1. The van der Waals surface area contributed by atoms with Gasteiger partial charge in [-0.25, -0.2) is 0 Å². The van der Waals surface area contributed by atoms with E-state index in [1.807, 2.05) is 16.7 Å². The van der Waals surface area contributed by atoms with Crippen molar-refractivity contribution >= 4 is 36.6 Å². The number of piperidine rings is 2. The fourth-order valence-electron chi connectivity index (χ4n) is 3.94. The normalized spacial score (nSPS) is 21.6. The number of carbonyl (C=O) groups is 2. The van der Waals surface area contributed by atoms with Crippen molar-refractivity contribution < 1.29 is 9.59 Å². The number of likely N-dealkylation sites (tertiary alicyclic amines) is 2. The third-order valence-corrected chi connectivity index (χ3v) is 5.58. The molecule has 0 aromatic carbocycles. The molecule has 2 fully saturated rings. The first kappa shape index (κ1) is 23.7.